The molecule has 3 N–H and O–H groups in total. The van der Waals surface area contributed by atoms with Gasteiger partial charge in [0, 0.05) is 6.54 Å². The smallest absolute Gasteiger partial charge is 0.0618 e. The fraction of sp³-hybridized carbons (Fsp3) is 0.0161. The van der Waals surface area contributed by atoms with E-state index in [-0.39, 0.29) is 0 Å². The van der Waals surface area contributed by atoms with Crippen molar-refractivity contribution in [3.8, 4) is 77.9 Å². The van der Waals surface area contributed by atoms with Gasteiger partial charge in [0.05, 0.1) is 5.71 Å². The van der Waals surface area contributed by atoms with Crippen molar-refractivity contribution >= 4 is 33.3 Å². The molecule has 0 unspecified atom stereocenters. The van der Waals surface area contributed by atoms with E-state index in [9.17, 15) is 0 Å². The highest BCUT2D eigenvalue weighted by Crippen LogP contribution is 2.58. The molecule has 0 saturated carbocycles. The molecule has 302 valence electrons. The molecular formula is C62H44N2. The Kier molecular flexibility index (Phi) is 10.0. The van der Waals surface area contributed by atoms with Crippen molar-refractivity contribution in [1.29, 1.82) is 5.41 Å². The van der Waals surface area contributed by atoms with Crippen LogP contribution in [0.3, 0.4) is 0 Å². The molecule has 0 radical (unpaired) electrons. The van der Waals surface area contributed by atoms with Crippen molar-refractivity contribution in [2.45, 2.75) is 0 Å². The zero-order chi connectivity index (χ0) is 43.0. The predicted octanol–water partition coefficient (Wildman–Crippen LogP) is 15.9. The maximum atomic E-state index is 8.37. The van der Waals surface area contributed by atoms with Crippen LogP contribution in [-0.2, 0) is 0 Å². The van der Waals surface area contributed by atoms with Gasteiger partial charge in [0.1, 0.15) is 0 Å². The van der Waals surface area contributed by atoms with Crippen LogP contribution in [0.5, 0.6) is 0 Å². The molecule has 2 aliphatic carbocycles. The van der Waals surface area contributed by atoms with Crippen LogP contribution >= 0.6 is 0 Å². The monoisotopic (exact) mass is 816 g/mol. The Labute approximate surface area is 374 Å². The molecule has 0 heterocycles. The Morgan fingerprint density at radius 3 is 1.47 bits per heavy atom. The fourth-order valence-electron chi connectivity index (χ4n) is 9.64. The molecule has 64 heavy (non-hydrogen) atoms. The van der Waals surface area contributed by atoms with Crippen LogP contribution in [0, 0.1) is 5.41 Å². The van der Waals surface area contributed by atoms with Crippen LogP contribution < -0.4 is 5.73 Å². The Balaban J connectivity index is 0.882. The summed E-state index contributed by atoms with van der Waals surface area (Å²) in [4.78, 5) is 0. The second kappa shape index (κ2) is 16.6. The van der Waals surface area contributed by atoms with Gasteiger partial charge in [0.15, 0.2) is 0 Å². The second-order valence-corrected chi connectivity index (χ2v) is 16.5. The summed E-state index contributed by atoms with van der Waals surface area (Å²) >= 11 is 0. The number of fused-ring (bicyclic) bond motifs is 4. The summed E-state index contributed by atoms with van der Waals surface area (Å²) in [5, 5.41) is 13.5. The first-order valence-corrected chi connectivity index (χ1v) is 21.9. The average Bonchev–Trinajstić information content (AvgIpc) is 3.68. The first-order valence-electron chi connectivity index (χ1n) is 21.9. The lowest BCUT2D eigenvalue weighted by molar-refractivity contribution is 1.25. The van der Waals surface area contributed by atoms with Crippen LogP contribution in [-0.4, -0.2) is 12.3 Å². The molecule has 9 aromatic rings. The Morgan fingerprint density at radius 1 is 0.406 bits per heavy atom. The number of benzene rings is 9. The number of allylic oxidation sites excluding steroid dienone is 8. The minimum Gasteiger partial charge on any atom is -0.327 e. The quantitative estimate of drug-likeness (QED) is 0.150. The summed E-state index contributed by atoms with van der Waals surface area (Å²) in [6.45, 7) is 0.488. The second-order valence-electron chi connectivity index (χ2n) is 16.5. The highest BCUT2D eigenvalue weighted by molar-refractivity contribution is 6.28. The molecule has 0 aliphatic heterocycles. The molecule has 9 aromatic carbocycles. The van der Waals surface area contributed by atoms with Crippen molar-refractivity contribution in [1.82, 2.24) is 0 Å². The van der Waals surface area contributed by atoms with E-state index in [0.29, 0.717) is 12.3 Å². The van der Waals surface area contributed by atoms with Gasteiger partial charge in [-0.2, -0.15) is 0 Å². The van der Waals surface area contributed by atoms with Crippen molar-refractivity contribution in [2.24, 2.45) is 5.73 Å². The molecule has 0 fully saturated rings. The number of hydrogen-bond acceptors (Lipinski definition) is 2. The van der Waals surface area contributed by atoms with E-state index in [1.807, 2.05) is 42.5 Å². The van der Waals surface area contributed by atoms with Gasteiger partial charge in [-0.05, 0) is 122 Å². The summed E-state index contributed by atoms with van der Waals surface area (Å²) in [6.07, 6.45) is 15.7. The average molecular weight is 817 g/mol. The minimum atomic E-state index is 0.488. The standard InChI is InChI=1S/C62H44N2/c63-39-11-13-42-25-28-48(57(64)40-42)18-9-12-41-23-26-43(27-24-41)44-29-31-45(32-30-44)46-33-35-47(36-34-46)51-37-38-56-60-52(51)21-10-22-55(60)61-58(49-14-3-1-4-15-49)53-19-7-8-20-54(53)59(62(56)61)50-16-5-2-6-17-50/h1-38,40,64H,39,63H2/b12-9+,13-11-,48-18-,64-57?. The van der Waals surface area contributed by atoms with E-state index >= 15 is 0 Å². The summed E-state index contributed by atoms with van der Waals surface area (Å²) in [5.74, 6) is 0. The van der Waals surface area contributed by atoms with Gasteiger partial charge >= 0.3 is 0 Å². The van der Waals surface area contributed by atoms with Gasteiger partial charge in [0.25, 0.3) is 0 Å². The van der Waals surface area contributed by atoms with E-state index < -0.39 is 0 Å². The topological polar surface area (TPSA) is 49.9 Å². The van der Waals surface area contributed by atoms with E-state index in [4.69, 9.17) is 11.1 Å². The third-order valence-corrected chi connectivity index (χ3v) is 12.7. The van der Waals surface area contributed by atoms with Gasteiger partial charge in [-0.25, -0.2) is 0 Å². The molecule has 0 bridgehead atoms. The molecule has 0 amide bonds. The van der Waals surface area contributed by atoms with Crippen molar-refractivity contribution in [3.05, 3.63) is 247 Å². The summed E-state index contributed by atoms with van der Waals surface area (Å²) in [5.41, 5.74) is 26.5. The minimum absolute atomic E-state index is 0.488. The summed E-state index contributed by atoms with van der Waals surface area (Å²) in [6, 6.07) is 68.9. The highest BCUT2D eigenvalue weighted by atomic mass is 14.5. The molecule has 11 rings (SSSR count). The molecule has 2 heteroatoms. The Hall–Kier alpha value is -8.17. The van der Waals surface area contributed by atoms with E-state index in [1.54, 1.807) is 0 Å². The summed E-state index contributed by atoms with van der Waals surface area (Å²) in [7, 11) is 0. The van der Waals surface area contributed by atoms with Crippen LogP contribution in [0.15, 0.2) is 242 Å². The number of hydrogen-bond donors (Lipinski definition) is 2. The lowest BCUT2D eigenvalue weighted by atomic mass is 9.82. The Bertz CT molecular complexity index is 3330. The molecular weight excluding hydrogens is 773 g/mol. The molecule has 0 spiro atoms. The molecule has 0 aromatic heterocycles. The normalized spacial score (nSPS) is 13.7. The number of nitrogens with two attached hydrogens (primary N) is 1. The third kappa shape index (κ3) is 6.97. The zero-order valence-corrected chi connectivity index (χ0v) is 35.3. The maximum Gasteiger partial charge on any atom is 0.0618 e. The lowest BCUT2D eigenvalue weighted by Crippen LogP contribution is -2.00. The van der Waals surface area contributed by atoms with E-state index in [2.05, 4.69) is 194 Å². The van der Waals surface area contributed by atoms with Gasteiger partial charge in [-0.15, -0.1) is 0 Å². The molecule has 2 nitrogen and oxygen atoms in total. The van der Waals surface area contributed by atoms with Crippen molar-refractivity contribution in [2.75, 3.05) is 6.54 Å². The summed E-state index contributed by atoms with van der Waals surface area (Å²) < 4.78 is 0. The first kappa shape index (κ1) is 38.7. The largest absolute Gasteiger partial charge is 0.327 e. The van der Waals surface area contributed by atoms with Crippen LogP contribution in [0.25, 0.3) is 106 Å². The highest BCUT2D eigenvalue weighted by Gasteiger charge is 2.31. The predicted molar refractivity (Wildman–Crippen MR) is 273 cm³/mol. The van der Waals surface area contributed by atoms with Crippen molar-refractivity contribution in [3.63, 3.8) is 0 Å². The van der Waals surface area contributed by atoms with Crippen LogP contribution in [0.4, 0.5) is 0 Å². The lowest BCUT2D eigenvalue weighted by Gasteiger charge is -2.20. The van der Waals surface area contributed by atoms with Crippen LogP contribution in [0.1, 0.15) is 5.56 Å². The fourth-order valence-corrected chi connectivity index (χ4v) is 9.64. The molecule has 0 atom stereocenters. The molecule has 0 saturated heterocycles. The van der Waals surface area contributed by atoms with Crippen molar-refractivity contribution < 1.29 is 0 Å². The zero-order valence-electron chi connectivity index (χ0n) is 35.3. The number of nitrogens with one attached hydrogen (secondary N) is 1. The number of rotatable bonds is 9. The Morgan fingerprint density at radius 2 is 0.906 bits per heavy atom. The van der Waals surface area contributed by atoms with E-state index in [1.165, 1.54) is 99.4 Å². The van der Waals surface area contributed by atoms with Crippen LogP contribution in [0.2, 0.25) is 0 Å². The van der Waals surface area contributed by atoms with Gasteiger partial charge in [-0.1, -0.05) is 231 Å². The first-order chi connectivity index (χ1) is 31.6. The SMILES string of the molecule is N=C1C=C(/C=C\CN)C=C/C1=C/C=C/c1ccc(-c2ccc(-c3ccc(-c4ccc5c6c(cccc46)-c4c-5c(-c5ccccc5)c5ccccc5c4-c4ccccc4)cc3)cc2)cc1. The van der Waals surface area contributed by atoms with Gasteiger partial charge in [-0.3, -0.25) is 0 Å². The molecule has 2 aliphatic rings. The maximum absolute atomic E-state index is 8.37. The third-order valence-electron chi connectivity index (χ3n) is 12.7. The van der Waals surface area contributed by atoms with E-state index in [0.717, 1.165) is 16.7 Å². The van der Waals surface area contributed by atoms with Gasteiger partial charge < -0.3 is 11.1 Å². The van der Waals surface area contributed by atoms with Gasteiger partial charge in [0.2, 0.25) is 0 Å².